The van der Waals surface area contributed by atoms with Gasteiger partial charge in [-0.2, -0.15) is 0 Å². The Morgan fingerprint density at radius 2 is 2.04 bits per heavy atom. The number of benzene rings is 1. The Labute approximate surface area is 144 Å². The van der Waals surface area contributed by atoms with Crippen molar-refractivity contribution >= 4 is 33.3 Å². The van der Waals surface area contributed by atoms with Crippen LogP contribution in [0.25, 0.3) is 10.9 Å². The highest BCUT2D eigenvalue weighted by molar-refractivity contribution is 7.16. The third-order valence-corrected chi connectivity index (χ3v) is 6.25. The third kappa shape index (κ3) is 2.26. The number of rotatable bonds is 2. The number of nitrogens with zero attached hydrogens (tertiary/aromatic N) is 1. The third-order valence-electron chi connectivity index (χ3n) is 5.18. The molecule has 0 bridgehead atoms. The molecule has 0 saturated carbocycles. The topological polar surface area (TPSA) is 57.8 Å². The van der Waals surface area contributed by atoms with E-state index in [1.54, 1.807) is 11.3 Å². The van der Waals surface area contributed by atoms with Crippen molar-refractivity contribution < 1.29 is 4.79 Å². The van der Waals surface area contributed by atoms with Crippen molar-refractivity contribution in [2.75, 3.05) is 5.32 Å². The summed E-state index contributed by atoms with van der Waals surface area (Å²) in [5.74, 6) is -0.0601. The molecule has 3 aromatic rings. The number of carbonyl (C=O) groups excluding carboxylic acids is 1. The Hall–Kier alpha value is -2.14. The van der Waals surface area contributed by atoms with Gasteiger partial charge < -0.3 is 4.98 Å². The van der Waals surface area contributed by atoms with Gasteiger partial charge in [0.25, 0.3) is 5.91 Å². The zero-order chi connectivity index (χ0) is 16.1. The van der Waals surface area contributed by atoms with E-state index in [1.807, 2.05) is 18.2 Å². The van der Waals surface area contributed by atoms with Gasteiger partial charge in [-0.15, -0.1) is 11.3 Å². The van der Waals surface area contributed by atoms with Crippen LogP contribution in [0.1, 0.15) is 51.4 Å². The van der Waals surface area contributed by atoms with Crippen LogP contribution in [0.4, 0.5) is 5.13 Å². The number of fused-ring (bicyclic) bond motifs is 4. The maximum atomic E-state index is 12.6. The molecule has 5 heteroatoms. The second kappa shape index (κ2) is 5.45. The molecule has 0 aliphatic heterocycles. The predicted molar refractivity (Wildman–Crippen MR) is 97.0 cm³/mol. The van der Waals surface area contributed by atoms with Crippen LogP contribution in [-0.2, 0) is 25.7 Å². The molecule has 1 aromatic carbocycles. The first-order valence-corrected chi connectivity index (χ1v) is 9.53. The van der Waals surface area contributed by atoms with Crippen molar-refractivity contribution in [2.24, 2.45) is 0 Å². The molecule has 0 unspecified atom stereocenters. The zero-order valence-electron chi connectivity index (χ0n) is 13.4. The van der Waals surface area contributed by atoms with Crippen LogP contribution < -0.4 is 5.32 Å². The first kappa shape index (κ1) is 14.2. The number of aromatic nitrogens is 2. The van der Waals surface area contributed by atoms with E-state index >= 15 is 0 Å². The van der Waals surface area contributed by atoms with Crippen LogP contribution in [0.5, 0.6) is 0 Å². The Balaban J connectivity index is 1.45. The first-order chi connectivity index (χ1) is 11.8. The number of aromatic amines is 1. The van der Waals surface area contributed by atoms with Gasteiger partial charge in [-0.3, -0.25) is 10.1 Å². The molecule has 5 rings (SSSR count). The average Bonchev–Trinajstić information content (AvgIpc) is 3.26. The Morgan fingerprint density at radius 1 is 1.12 bits per heavy atom. The Kier molecular flexibility index (Phi) is 3.23. The number of carbonyl (C=O) groups is 1. The van der Waals surface area contributed by atoms with Gasteiger partial charge in [0.15, 0.2) is 5.13 Å². The standard InChI is InChI=1S/C19H19N3OS/c23-18(22-19-21-16-6-3-7-17(16)24-19)11-8-9-15-13(10-11)12-4-1-2-5-14(12)20-15/h8-10,20H,1-7H2,(H,21,22,23). The molecule has 122 valence electrons. The number of H-pyrrole nitrogens is 1. The van der Waals surface area contributed by atoms with E-state index in [9.17, 15) is 4.79 Å². The lowest BCUT2D eigenvalue weighted by atomic mass is 9.95. The van der Waals surface area contributed by atoms with Crippen molar-refractivity contribution in [1.82, 2.24) is 9.97 Å². The van der Waals surface area contributed by atoms with Crippen molar-refractivity contribution in [2.45, 2.75) is 44.9 Å². The maximum absolute atomic E-state index is 12.6. The van der Waals surface area contributed by atoms with Gasteiger partial charge in [0, 0.05) is 27.0 Å². The number of hydrogen-bond donors (Lipinski definition) is 2. The number of nitrogens with one attached hydrogen (secondary N) is 2. The summed E-state index contributed by atoms with van der Waals surface area (Å²) in [6.45, 7) is 0. The molecule has 2 aliphatic rings. The second-order valence-corrected chi connectivity index (χ2v) is 7.83. The van der Waals surface area contributed by atoms with Gasteiger partial charge in [0.1, 0.15) is 0 Å². The van der Waals surface area contributed by atoms with Crippen LogP contribution in [0, 0.1) is 0 Å². The highest BCUT2D eigenvalue weighted by atomic mass is 32.1. The SMILES string of the molecule is O=C(Nc1nc2c(s1)CCC2)c1ccc2[nH]c3c(c2c1)CCCC3. The fraction of sp³-hybridized carbons (Fsp3) is 0.368. The molecule has 0 atom stereocenters. The molecular formula is C19H19N3OS. The van der Waals surface area contributed by atoms with E-state index < -0.39 is 0 Å². The van der Waals surface area contributed by atoms with Crippen molar-refractivity contribution in [3.8, 4) is 0 Å². The molecule has 2 aliphatic carbocycles. The summed E-state index contributed by atoms with van der Waals surface area (Å²) in [6, 6.07) is 5.97. The molecule has 2 N–H and O–H groups in total. The summed E-state index contributed by atoms with van der Waals surface area (Å²) in [5, 5.41) is 4.93. The predicted octanol–water partition coefficient (Wildman–Crippen LogP) is 4.24. The molecule has 1 amide bonds. The summed E-state index contributed by atoms with van der Waals surface area (Å²) < 4.78 is 0. The molecule has 0 fully saturated rings. The van der Waals surface area contributed by atoms with E-state index in [2.05, 4.69) is 15.3 Å². The molecule has 0 spiro atoms. The van der Waals surface area contributed by atoms with Gasteiger partial charge in [-0.1, -0.05) is 0 Å². The largest absolute Gasteiger partial charge is 0.358 e. The van der Waals surface area contributed by atoms with E-state index in [0.717, 1.165) is 36.3 Å². The second-order valence-electron chi connectivity index (χ2n) is 6.75. The minimum atomic E-state index is -0.0601. The molecule has 0 radical (unpaired) electrons. The van der Waals surface area contributed by atoms with Gasteiger partial charge in [0.2, 0.25) is 0 Å². The quantitative estimate of drug-likeness (QED) is 0.735. The van der Waals surface area contributed by atoms with E-state index in [-0.39, 0.29) is 5.91 Å². The zero-order valence-corrected chi connectivity index (χ0v) is 14.3. The van der Waals surface area contributed by atoms with Crippen LogP contribution in [0.2, 0.25) is 0 Å². The van der Waals surface area contributed by atoms with E-state index in [4.69, 9.17) is 0 Å². The van der Waals surface area contributed by atoms with E-state index in [1.165, 1.54) is 46.5 Å². The lowest BCUT2D eigenvalue weighted by Gasteiger charge is -2.10. The summed E-state index contributed by atoms with van der Waals surface area (Å²) in [7, 11) is 0. The number of hydrogen-bond acceptors (Lipinski definition) is 3. The van der Waals surface area contributed by atoms with Gasteiger partial charge in [-0.05, 0) is 68.7 Å². The minimum Gasteiger partial charge on any atom is -0.358 e. The van der Waals surface area contributed by atoms with Crippen molar-refractivity contribution in [3.05, 3.63) is 45.6 Å². The van der Waals surface area contributed by atoms with Crippen molar-refractivity contribution in [1.29, 1.82) is 0 Å². The van der Waals surface area contributed by atoms with Crippen LogP contribution in [0.3, 0.4) is 0 Å². The molecule has 4 nitrogen and oxygen atoms in total. The fourth-order valence-corrected chi connectivity index (χ4v) is 5.01. The highest BCUT2D eigenvalue weighted by Crippen LogP contribution is 2.32. The highest BCUT2D eigenvalue weighted by Gasteiger charge is 2.19. The lowest BCUT2D eigenvalue weighted by Crippen LogP contribution is -2.11. The molecule has 2 heterocycles. The molecule has 24 heavy (non-hydrogen) atoms. The smallest absolute Gasteiger partial charge is 0.257 e. The number of thiazole rings is 1. The normalized spacial score (nSPS) is 16.2. The van der Waals surface area contributed by atoms with Crippen LogP contribution in [0.15, 0.2) is 18.2 Å². The Morgan fingerprint density at radius 3 is 2.96 bits per heavy atom. The Bertz CT molecular complexity index is 932. The summed E-state index contributed by atoms with van der Waals surface area (Å²) in [5.41, 5.74) is 5.78. The summed E-state index contributed by atoms with van der Waals surface area (Å²) in [6.07, 6.45) is 8.06. The molecule has 2 aromatic heterocycles. The maximum Gasteiger partial charge on any atom is 0.257 e. The summed E-state index contributed by atoms with van der Waals surface area (Å²) >= 11 is 1.62. The van der Waals surface area contributed by atoms with Gasteiger partial charge >= 0.3 is 0 Å². The molecular weight excluding hydrogens is 318 g/mol. The number of amides is 1. The van der Waals surface area contributed by atoms with Gasteiger partial charge in [-0.25, -0.2) is 4.98 Å². The fourth-order valence-electron chi connectivity index (χ4n) is 3.96. The van der Waals surface area contributed by atoms with Crippen molar-refractivity contribution in [3.63, 3.8) is 0 Å². The minimum absolute atomic E-state index is 0.0601. The average molecular weight is 337 g/mol. The number of anilines is 1. The molecule has 0 saturated heterocycles. The number of aryl methyl sites for hydroxylation is 4. The van der Waals surface area contributed by atoms with Crippen LogP contribution >= 0.6 is 11.3 Å². The summed E-state index contributed by atoms with van der Waals surface area (Å²) in [4.78, 5) is 22.0. The van der Waals surface area contributed by atoms with Crippen LogP contribution in [-0.4, -0.2) is 15.9 Å². The van der Waals surface area contributed by atoms with Gasteiger partial charge in [0.05, 0.1) is 5.69 Å². The lowest BCUT2D eigenvalue weighted by molar-refractivity contribution is 0.102. The first-order valence-electron chi connectivity index (χ1n) is 8.71. The monoisotopic (exact) mass is 337 g/mol. The van der Waals surface area contributed by atoms with E-state index in [0.29, 0.717) is 5.56 Å².